The zero-order valence-electron chi connectivity index (χ0n) is 46.5. The summed E-state index contributed by atoms with van der Waals surface area (Å²) in [6.07, 6.45) is 38.8. The normalized spacial score (nSPS) is 13.2. The first-order valence-electron chi connectivity index (χ1n) is 27.4. The van der Waals surface area contributed by atoms with Gasteiger partial charge in [-0.2, -0.15) is 0 Å². The number of hydrogen-bond acceptors (Lipinski definition) is 13. The maximum absolute atomic E-state index is 10.6. The van der Waals surface area contributed by atoms with Crippen LogP contribution in [-0.4, -0.2) is 101 Å². The minimum atomic E-state index is -1.23. The molecule has 18 nitrogen and oxygen atoms in total. The molecule has 0 radical (unpaired) electrons. The van der Waals surface area contributed by atoms with Crippen molar-refractivity contribution >= 4 is 29.8 Å². The summed E-state index contributed by atoms with van der Waals surface area (Å²) < 4.78 is 0. The maximum atomic E-state index is 10.6. The lowest BCUT2D eigenvalue weighted by atomic mass is 9.90. The summed E-state index contributed by atoms with van der Waals surface area (Å²) in [5.74, 6) is -5.80. The Bertz CT molecular complexity index is 1110. The second-order valence-electron chi connectivity index (χ2n) is 18.5. The van der Waals surface area contributed by atoms with E-state index in [4.69, 9.17) is 46.0 Å². The number of rotatable bonds is 33. The molecule has 4 unspecified atom stereocenters. The summed E-state index contributed by atoms with van der Waals surface area (Å²) in [6, 6.07) is 0. The van der Waals surface area contributed by atoms with Crippen molar-refractivity contribution in [3.8, 4) is 0 Å². The minimum Gasteiger partial charge on any atom is -0.481 e. The second kappa shape index (κ2) is 69.8. The van der Waals surface area contributed by atoms with Crippen LogP contribution in [0.25, 0.3) is 0 Å². The average Bonchev–Trinajstić information content (AvgIpc) is 3.27. The molecule has 18 heteroatoms. The first-order chi connectivity index (χ1) is 33.9. The molecular formula is C54H114N4O14. The summed E-state index contributed by atoms with van der Waals surface area (Å²) in [5.41, 5.74) is 18.7. The largest absolute Gasteiger partial charge is 0.481 e. The molecule has 1 saturated carbocycles. The number of nitrogens with two attached hydrogens (primary N) is 4. The van der Waals surface area contributed by atoms with Crippen molar-refractivity contribution in [2.24, 2.45) is 34.8 Å². The molecule has 72 heavy (non-hydrogen) atoms. The molecule has 1 aliphatic carbocycles. The molecule has 0 aliphatic heterocycles. The Hall–Kier alpha value is -3.23. The van der Waals surface area contributed by atoms with Gasteiger partial charge in [0.25, 0.3) is 0 Å². The van der Waals surface area contributed by atoms with Crippen molar-refractivity contribution in [3.63, 3.8) is 0 Å². The molecule has 4 atom stereocenters. The van der Waals surface area contributed by atoms with Crippen LogP contribution in [0.15, 0.2) is 12.2 Å². The van der Waals surface area contributed by atoms with E-state index >= 15 is 0 Å². The lowest BCUT2D eigenvalue weighted by Gasteiger charge is -2.16. The number of carboxylic acid groups (broad SMARTS) is 5. The lowest BCUT2D eigenvalue weighted by Crippen LogP contribution is -2.23. The Morgan fingerprint density at radius 1 is 0.444 bits per heavy atom. The molecule has 17 N–H and O–H groups in total. The van der Waals surface area contributed by atoms with Gasteiger partial charge in [-0.3, -0.25) is 19.2 Å². The molecule has 0 aromatic rings. The van der Waals surface area contributed by atoms with Gasteiger partial charge in [0, 0.05) is 12.5 Å². The van der Waals surface area contributed by atoms with E-state index in [2.05, 4.69) is 43.7 Å². The SMILES string of the molecule is CC(N)O.CC(N)O.CC(N)O.CC(N)O.CCCCCCCCCCC=CC(=O)O.CCCCCCCCCCCC(=O)O.CCCCCCCCCCCC(C(=O)O)C(=O)O.O=C(O)C1CCCCC1. The molecular weight excluding hydrogens is 929 g/mol. The smallest absolute Gasteiger partial charge is 0.327 e. The highest BCUT2D eigenvalue weighted by atomic mass is 16.4. The van der Waals surface area contributed by atoms with E-state index in [9.17, 15) is 24.0 Å². The topological polar surface area (TPSA) is 372 Å². The Morgan fingerprint density at radius 3 is 0.972 bits per heavy atom. The number of hydrogen-bond donors (Lipinski definition) is 13. The van der Waals surface area contributed by atoms with Crippen LogP contribution in [0.4, 0.5) is 0 Å². The van der Waals surface area contributed by atoms with Crippen molar-refractivity contribution in [3.05, 3.63) is 12.2 Å². The number of aliphatic carboxylic acids is 5. The minimum absolute atomic E-state index is 0.0289. The quantitative estimate of drug-likeness (QED) is 0.0126. The van der Waals surface area contributed by atoms with Crippen molar-refractivity contribution in [1.82, 2.24) is 0 Å². The van der Waals surface area contributed by atoms with E-state index in [0.29, 0.717) is 12.8 Å². The zero-order chi connectivity index (χ0) is 56.8. The van der Waals surface area contributed by atoms with Gasteiger partial charge < -0.3 is 68.9 Å². The van der Waals surface area contributed by atoms with Crippen molar-refractivity contribution in [1.29, 1.82) is 0 Å². The molecule has 0 heterocycles. The predicted octanol–water partition coefficient (Wildman–Crippen LogP) is 10.6. The Labute approximate surface area is 437 Å². The highest BCUT2D eigenvalue weighted by molar-refractivity contribution is 5.92. The van der Waals surface area contributed by atoms with Crippen LogP contribution in [0.5, 0.6) is 0 Å². The third-order valence-corrected chi connectivity index (χ3v) is 10.1. The van der Waals surface area contributed by atoms with E-state index in [1.165, 1.54) is 169 Å². The zero-order valence-corrected chi connectivity index (χ0v) is 46.5. The van der Waals surface area contributed by atoms with Crippen LogP contribution < -0.4 is 22.9 Å². The fraction of sp³-hybridized carbons (Fsp3) is 0.870. The number of allylic oxidation sites excluding steroid dienone is 1. The van der Waals surface area contributed by atoms with E-state index in [1.807, 2.05) is 0 Å². The predicted molar refractivity (Wildman–Crippen MR) is 292 cm³/mol. The highest BCUT2D eigenvalue weighted by Crippen LogP contribution is 2.23. The van der Waals surface area contributed by atoms with Crippen LogP contribution in [0.2, 0.25) is 0 Å². The first-order valence-corrected chi connectivity index (χ1v) is 27.4. The van der Waals surface area contributed by atoms with Crippen LogP contribution in [0, 0.1) is 11.8 Å². The van der Waals surface area contributed by atoms with Gasteiger partial charge in [-0.05, 0) is 66.2 Å². The standard InChI is InChI=1S/C14H26O4.C13H24O2.C12H24O2.C7H12O2.4C2H7NO/c1-2-3-4-5-6-7-8-9-10-11-12(13(15)16)14(17)18;1-2-3-4-5-6-7-8-9-10-11-12-13(14)15;1-2-3-4-5-6-7-8-9-10-11-12(13)14;8-7(9)6-4-2-1-3-5-6;4*1-2(3)4/h12H,2-11H2,1H3,(H,15,16)(H,17,18);11-12H,2-10H2,1H3,(H,14,15);2-11H2,1H3,(H,13,14);6H,1-5H2,(H,8,9);4*2,4H,3H2,1H3. The molecule has 0 aromatic heterocycles. The van der Waals surface area contributed by atoms with Crippen LogP contribution >= 0.6 is 0 Å². The molecule has 0 spiro atoms. The van der Waals surface area contributed by atoms with E-state index in [1.54, 1.807) is 6.08 Å². The number of carbonyl (C=O) groups is 5. The molecule has 1 aliphatic rings. The van der Waals surface area contributed by atoms with E-state index < -0.39 is 60.7 Å². The van der Waals surface area contributed by atoms with E-state index in [-0.39, 0.29) is 12.3 Å². The molecule has 0 saturated heterocycles. The molecule has 0 amide bonds. The van der Waals surface area contributed by atoms with Crippen molar-refractivity contribution < 1.29 is 69.9 Å². The number of aliphatic hydroxyl groups excluding tert-OH is 4. The van der Waals surface area contributed by atoms with Gasteiger partial charge in [0.1, 0.15) is 0 Å². The number of carboxylic acids is 5. The van der Waals surface area contributed by atoms with Crippen molar-refractivity contribution in [2.45, 2.75) is 292 Å². The lowest BCUT2D eigenvalue weighted by molar-refractivity contribution is -0.155. The van der Waals surface area contributed by atoms with Gasteiger partial charge in [0.2, 0.25) is 0 Å². The fourth-order valence-corrected chi connectivity index (χ4v) is 6.53. The Kier molecular flexibility index (Phi) is 80.3. The maximum Gasteiger partial charge on any atom is 0.327 e. The number of unbranched alkanes of at least 4 members (excludes halogenated alkanes) is 24. The van der Waals surface area contributed by atoms with Gasteiger partial charge in [0.15, 0.2) is 5.92 Å². The van der Waals surface area contributed by atoms with Crippen LogP contribution in [0.1, 0.15) is 267 Å². The van der Waals surface area contributed by atoms with Crippen LogP contribution in [0.3, 0.4) is 0 Å². The first kappa shape index (κ1) is 82.8. The third kappa shape index (κ3) is 112. The highest BCUT2D eigenvalue weighted by Gasteiger charge is 2.24. The molecule has 1 rings (SSSR count). The molecule has 1 fully saturated rings. The van der Waals surface area contributed by atoms with Gasteiger partial charge in [-0.15, -0.1) is 0 Å². The summed E-state index contributed by atoms with van der Waals surface area (Å²) in [7, 11) is 0. The molecule has 434 valence electrons. The third-order valence-electron chi connectivity index (χ3n) is 10.1. The second-order valence-corrected chi connectivity index (χ2v) is 18.5. The van der Waals surface area contributed by atoms with Gasteiger partial charge in [-0.1, -0.05) is 200 Å². The Morgan fingerprint density at radius 2 is 0.722 bits per heavy atom. The van der Waals surface area contributed by atoms with Crippen LogP contribution in [-0.2, 0) is 24.0 Å². The molecule has 0 aromatic carbocycles. The van der Waals surface area contributed by atoms with E-state index in [0.717, 1.165) is 64.2 Å². The summed E-state index contributed by atoms with van der Waals surface area (Å²) in [5, 5.41) is 74.0. The van der Waals surface area contributed by atoms with Gasteiger partial charge in [-0.25, -0.2) is 4.79 Å². The average molecular weight is 1040 g/mol. The Balaban J connectivity index is -0.000000144. The fourth-order valence-electron chi connectivity index (χ4n) is 6.53. The van der Waals surface area contributed by atoms with Crippen molar-refractivity contribution in [2.75, 3.05) is 0 Å². The van der Waals surface area contributed by atoms with Gasteiger partial charge >= 0.3 is 29.8 Å². The van der Waals surface area contributed by atoms with Gasteiger partial charge in [0.05, 0.1) is 30.8 Å². The summed E-state index contributed by atoms with van der Waals surface area (Å²) >= 11 is 0. The summed E-state index contributed by atoms with van der Waals surface area (Å²) in [4.78, 5) is 52.0. The number of aliphatic hydroxyl groups is 4. The summed E-state index contributed by atoms with van der Waals surface area (Å²) in [6.45, 7) is 12.7. The molecule has 0 bridgehead atoms. The monoisotopic (exact) mass is 1040 g/mol.